The maximum Gasteiger partial charge on any atom is 0.262 e. The molecule has 122 valence electrons. The van der Waals surface area contributed by atoms with E-state index in [1.807, 2.05) is 6.92 Å². The van der Waals surface area contributed by atoms with Crippen LogP contribution in [0.25, 0.3) is 0 Å². The highest BCUT2D eigenvalue weighted by atomic mass is 35.5. The minimum absolute atomic E-state index is 0.121. The molecule has 0 unspecified atom stereocenters. The Morgan fingerprint density at radius 2 is 2.17 bits per heavy atom. The Labute approximate surface area is 144 Å². The van der Waals surface area contributed by atoms with Gasteiger partial charge >= 0.3 is 0 Å². The fourth-order valence-electron chi connectivity index (χ4n) is 2.67. The normalized spacial score (nSPS) is 20.8. The lowest BCUT2D eigenvalue weighted by atomic mass is 10.2. The number of carbonyl (C=O) groups excluding carboxylic acids is 2. The summed E-state index contributed by atoms with van der Waals surface area (Å²) in [5, 5.41) is 3.78. The van der Waals surface area contributed by atoms with Crippen LogP contribution in [-0.2, 0) is 9.59 Å². The second-order valence-electron chi connectivity index (χ2n) is 5.70. The average molecular weight is 352 g/mol. The number of aliphatic imine (C=N–C) groups is 1. The molecular formula is C16H18ClN3O2S. The standard InChI is InChI=1S/C16H18ClN3O2S/c1-10-11(17)5-4-6-12(10)18-14(21)9-13-15(22)19-16(23-13)20-7-2-3-8-20/h4-6,13H,2-3,7-9H2,1H3,(H,18,21)/t13-/m1/s1. The molecule has 0 bridgehead atoms. The number of nitrogens with zero attached hydrogens (tertiary/aromatic N) is 2. The van der Waals surface area contributed by atoms with Gasteiger partial charge in [-0.25, -0.2) is 0 Å². The molecule has 0 spiro atoms. The van der Waals surface area contributed by atoms with Gasteiger partial charge in [-0.1, -0.05) is 29.4 Å². The summed E-state index contributed by atoms with van der Waals surface area (Å²) in [5.74, 6) is -0.408. The Balaban J connectivity index is 1.58. The van der Waals surface area contributed by atoms with Crippen molar-refractivity contribution < 1.29 is 9.59 Å². The van der Waals surface area contributed by atoms with Gasteiger partial charge in [-0.15, -0.1) is 0 Å². The Bertz CT molecular complexity index is 671. The van der Waals surface area contributed by atoms with E-state index in [1.165, 1.54) is 11.8 Å². The van der Waals surface area contributed by atoms with Gasteiger partial charge in [0.25, 0.3) is 5.91 Å². The van der Waals surface area contributed by atoms with Crippen molar-refractivity contribution in [2.75, 3.05) is 18.4 Å². The summed E-state index contributed by atoms with van der Waals surface area (Å²) in [4.78, 5) is 30.5. The molecule has 23 heavy (non-hydrogen) atoms. The van der Waals surface area contributed by atoms with Crippen molar-refractivity contribution in [1.82, 2.24) is 4.90 Å². The Kier molecular flexibility index (Phi) is 4.92. The molecule has 1 aromatic carbocycles. The topological polar surface area (TPSA) is 61.8 Å². The highest BCUT2D eigenvalue weighted by molar-refractivity contribution is 8.15. The van der Waals surface area contributed by atoms with Gasteiger partial charge in [0.2, 0.25) is 5.91 Å². The van der Waals surface area contributed by atoms with Crippen molar-refractivity contribution in [2.24, 2.45) is 4.99 Å². The van der Waals surface area contributed by atoms with Gasteiger partial charge in [0.1, 0.15) is 5.25 Å². The summed E-state index contributed by atoms with van der Waals surface area (Å²) in [5.41, 5.74) is 1.50. The number of carbonyl (C=O) groups is 2. The van der Waals surface area contributed by atoms with Crippen LogP contribution in [0.3, 0.4) is 0 Å². The SMILES string of the molecule is Cc1c(Cl)cccc1NC(=O)C[C@H]1SC(N2CCCC2)=NC1=O. The maximum absolute atomic E-state index is 12.2. The van der Waals surface area contributed by atoms with E-state index >= 15 is 0 Å². The third-order valence-corrected chi connectivity index (χ3v) is 5.64. The van der Waals surface area contributed by atoms with Gasteiger partial charge in [-0.3, -0.25) is 9.59 Å². The average Bonchev–Trinajstić information content (AvgIpc) is 3.14. The van der Waals surface area contributed by atoms with Crippen LogP contribution in [0, 0.1) is 6.92 Å². The summed E-state index contributed by atoms with van der Waals surface area (Å²) in [6, 6.07) is 5.36. The summed E-state index contributed by atoms with van der Waals surface area (Å²) in [7, 11) is 0. The number of likely N-dealkylation sites (tertiary alicyclic amines) is 1. The fourth-order valence-corrected chi connectivity index (χ4v) is 3.96. The number of hydrogen-bond donors (Lipinski definition) is 1. The van der Waals surface area contributed by atoms with E-state index in [9.17, 15) is 9.59 Å². The first-order valence-corrected chi connectivity index (χ1v) is 8.89. The van der Waals surface area contributed by atoms with E-state index in [1.54, 1.807) is 18.2 Å². The Morgan fingerprint density at radius 1 is 1.43 bits per heavy atom. The fraction of sp³-hybridized carbons (Fsp3) is 0.438. The van der Waals surface area contributed by atoms with Gasteiger partial charge in [0.15, 0.2) is 5.17 Å². The van der Waals surface area contributed by atoms with Crippen LogP contribution in [0.15, 0.2) is 23.2 Å². The van der Waals surface area contributed by atoms with Crippen LogP contribution in [0.5, 0.6) is 0 Å². The lowest BCUT2D eigenvalue weighted by Crippen LogP contribution is -2.25. The van der Waals surface area contributed by atoms with Crippen molar-refractivity contribution in [3.63, 3.8) is 0 Å². The number of halogens is 1. The second-order valence-corrected chi connectivity index (χ2v) is 7.28. The smallest absolute Gasteiger partial charge is 0.262 e. The molecule has 0 aliphatic carbocycles. The first-order chi connectivity index (χ1) is 11.0. The number of nitrogens with one attached hydrogen (secondary N) is 1. The zero-order valence-corrected chi connectivity index (χ0v) is 14.4. The number of thioether (sulfide) groups is 1. The van der Waals surface area contributed by atoms with Crippen LogP contribution >= 0.6 is 23.4 Å². The Hall–Kier alpha value is -1.53. The zero-order valence-electron chi connectivity index (χ0n) is 12.8. The summed E-state index contributed by atoms with van der Waals surface area (Å²) in [6.07, 6.45) is 2.39. The van der Waals surface area contributed by atoms with E-state index < -0.39 is 5.25 Å². The molecule has 1 atom stereocenters. The number of benzene rings is 1. The molecule has 1 saturated heterocycles. The molecule has 1 aromatic rings. The third-order valence-electron chi connectivity index (χ3n) is 4.02. The van der Waals surface area contributed by atoms with Gasteiger partial charge < -0.3 is 10.2 Å². The summed E-state index contributed by atoms with van der Waals surface area (Å²) < 4.78 is 0. The molecule has 0 saturated carbocycles. The molecule has 2 heterocycles. The molecule has 0 radical (unpaired) electrons. The summed E-state index contributed by atoms with van der Waals surface area (Å²) >= 11 is 7.45. The Morgan fingerprint density at radius 3 is 2.91 bits per heavy atom. The van der Waals surface area contributed by atoms with Gasteiger partial charge in [0, 0.05) is 30.2 Å². The molecule has 1 N–H and O–H groups in total. The van der Waals surface area contributed by atoms with Crippen LogP contribution in [-0.4, -0.2) is 40.2 Å². The molecule has 2 amide bonds. The highest BCUT2D eigenvalue weighted by Gasteiger charge is 2.33. The minimum atomic E-state index is -0.426. The predicted octanol–water partition coefficient (Wildman–Crippen LogP) is 3.07. The molecule has 2 aliphatic rings. The van der Waals surface area contributed by atoms with E-state index in [0.29, 0.717) is 10.7 Å². The highest BCUT2D eigenvalue weighted by Crippen LogP contribution is 2.30. The molecular weight excluding hydrogens is 334 g/mol. The molecule has 3 rings (SSSR count). The summed E-state index contributed by atoms with van der Waals surface area (Å²) in [6.45, 7) is 3.74. The van der Waals surface area contributed by atoms with Crippen molar-refractivity contribution in [2.45, 2.75) is 31.4 Å². The van der Waals surface area contributed by atoms with Gasteiger partial charge in [0.05, 0.1) is 0 Å². The van der Waals surface area contributed by atoms with E-state index in [-0.39, 0.29) is 18.2 Å². The van der Waals surface area contributed by atoms with Crippen molar-refractivity contribution >= 4 is 46.0 Å². The first-order valence-electron chi connectivity index (χ1n) is 7.63. The molecule has 2 aliphatic heterocycles. The number of amidine groups is 1. The van der Waals surface area contributed by atoms with Crippen molar-refractivity contribution in [3.05, 3.63) is 28.8 Å². The van der Waals surface area contributed by atoms with Crippen molar-refractivity contribution in [3.8, 4) is 0 Å². The maximum atomic E-state index is 12.2. The number of rotatable bonds is 3. The van der Waals surface area contributed by atoms with Crippen LogP contribution in [0.4, 0.5) is 5.69 Å². The van der Waals surface area contributed by atoms with Crippen LogP contribution < -0.4 is 5.32 Å². The molecule has 1 fully saturated rings. The largest absolute Gasteiger partial charge is 0.351 e. The third kappa shape index (κ3) is 3.70. The molecule has 7 heteroatoms. The molecule has 5 nitrogen and oxygen atoms in total. The quantitative estimate of drug-likeness (QED) is 0.909. The van der Waals surface area contributed by atoms with Crippen molar-refractivity contribution in [1.29, 1.82) is 0 Å². The van der Waals surface area contributed by atoms with Gasteiger partial charge in [-0.2, -0.15) is 4.99 Å². The predicted molar refractivity (Wildman–Crippen MR) is 94.1 cm³/mol. The first kappa shape index (κ1) is 16.3. The second kappa shape index (κ2) is 6.93. The van der Waals surface area contributed by atoms with E-state index in [2.05, 4.69) is 15.2 Å². The number of hydrogen-bond acceptors (Lipinski definition) is 4. The van der Waals surface area contributed by atoms with E-state index in [0.717, 1.165) is 36.7 Å². The monoisotopic (exact) mass is 351 g/mol. The van der Waals surface area contributed by atoms with Crippen LogP contribution in [0.1, 0.15) is 24.8 Å². The minimum Gasteiger partial charge on any atom is -0.351 e. The van der Waals surface area contributed by atoms with E-state index in [4.69, 9.17) is 11.6 Å². The molecule has 0 aromatic heterocycles. The number of anilines is 1. The van der Waals surface area contributed by atoms with Gasteiger partial charge in [-0.05, 0) is 37.5 Å². The lowest BCUT2D eigenvalue weighted by Gasteiger charge is -2.16. The zero-order chi connectivity index (χ0) is 16.4. The van der Waals surface area contributed by atoms with Crippen LogP contribution in [0.2, 0.25) is 5.02 Å². The number of amides is 2. The lowest BCUT2D eigenvalue weighted by molar-refractivity contribution is -0.121.